The molecule has 2 aromatic rings. The third kappa shape index (κ3) is 2.55. The summed E-state index contributed by atoms with van der Waals surface area (Å²) in [6.07, 6.45) is 10.4. The summed E-state index contributed by atoms with van der Waals surface area (Å²) < 4.78 is 2.06. The van der Waals surface area contributed by atoms with Gasteiger partial charge in [-0.2, -0.15) is 0 Å². The van der Waals surface area contributed by atoms with Crippen LogP contribution in [0, 0.1) is 0 Å². The van der Waals surface area contributed by atoms with Crippen LogP contribution in [-0.2, 0) is 7.05 Å². The second-order valence-corrected chi connectivity index (χ2v) is 6.32. The number of hydrogen-bond acceptors (Lipinski definition) is 3. The molecule has 0 aliphatic heterocycles. The Bertz CT molecular complexity index is 574. The Hall–Kier alpha value is -1.10. The van der Waals surface area contributed by atoms with E-state index < -0.39 is 0 Å². The van der Waals surface area contributed by atoms with E-state index in [9.17, 15) is 0 Å². The van der Waals surface area contributed by atoms with Gasteiger partial charge in [-0.3, -0.25) is 0 Å². The van der Waals surface area contributed by atoms with Gasteiger partial charge in [0.2, 0.25) is 0 Å². The third-order valence-corrected chi connectivity index (χ3v) is 4.59. The minimum Gasteiger partial charge on any atom is -0.351 e. The summed E-state index contributed by atoms with van der Waals surface area (Å²) in [5.74, 6) is 1.05. The van der Waals surface area contributed by atoms with Crippen LogP contribution in [0.5, 0.6) is 0 Å². The molecule has 0 N–H and O–H groups in total. The molecule has 1 fully saturated rings. The summed E-state index contributed by atoms with van der Waals surface area (Å²) in [5, 5.41) is 0.967. The topological polar surface area (TPSA) is 34.0 Å². The number of imidazole rings is 1. The summed E-state index contributed by atoms with van der Waals surface area (Å²) in [7, 11) is 2.04. The minimum atomic E-state index is 0.612. The van der Waals surface area contributed by atoms with E-state index in [-0.39, 0.29) is 0 Å². The van der Waals surface area contributed by atoms with Gasteiger partial charge in [0, 0.05) is 31.2 Å². The Morgan fingerprint density at radius 1 is 1.30 bits per heavy atom. The first-order valence-corrected chi connectivity index (χ1v) is 8.52. The molecule has 0 aromatic carbocycles. The second kappa shape index (κ2) is 6.12. The molecule has 4 nitrogen and oxygen atoms in total. The van der Waals surface area contributed by atoms with Gasteiger partial charge in [-0.05, 0) is 18.9 Å². The average Bonchev–Trinajstić information content (AvgIpc) is 2.88. The fourth-order valence-electron chi connectivity index (χ4n) is 3.20. The highest BCUT2D eigenvalue weighted by Crippen LogP contribution is 2.30. The lowest BCUT2D eigenvalue weighted by atomic mass is 9.94. The fourth-order valence-corrected chi connectivity index (χ4v) is 3.59. The number of alkyl halides is 1. The lowest BCUT2D eigenvalue weighted by molar-refractivity contribution is 0.417. The first-order chi connectivity index (χ1) is 9.81. The molecular formula is C15H21BrN4. The molecule has 0 unspecified atom stereocenters. The Morgan fingerprint density at radius 2 is 2.10 bits per heavy atom. The number of rotatable bonds is 4. The number of aryl methyl sites for hydroxylation is 1. The van der Waals surface area contributed by atoms with Gasteiger partial charge in [0.1, 0.15) is 5.52 Å². The van der Waals surface area contributed by atoms with Crippen molar-refractivity contribution in [3.63, 3.8) is 0 Å². The fraction of sp³-hybridized carbons (Fsp3) is 0.600. The minimum absolute atomic E-state index is 0.612. The van der Waals surface area contributed by atoms with Gasteiger partial charge >= 0.3 is 0 Å². The maximum absolute atomic E-state index is 4.64. The van der Waals surface area contributed by atoms with E-state index in [0.29, 0.717) is 6.04 Å². The van der Waals surface area contributed by atoms with Crippen LogP contribution >= 0.6 is 15.9 Å². The van der Waals surface area contributed by atoms with Crippen LogP contribution in [0.25, 0.3) is 11.0 Å². The van der Waals surface area contributed by atoms with E-state index in [2.05, 4.69) is 35.4 Å². The Labute approximate surface area is 128 Å². The van der Waals surface area contributed by atoms with Gasteiger partial charge in [0.25, 0.3) is 0 Å². The van der Waals surface area contributed by atoms with Gasteiger partial charge in [-0.25, -0.2) is 9.97 Å². The van der Waals surface area contributed by atoms with Crippen LogP contribution in [-0.4, -0.2) is 32.5 Å². The van der Waals surface area contributed by atoms with E-state index in [1.54, 1.807) is 0 Å². The number of anilines is 1. The number of nitrogens with zero attached hydrogens (tertiary/aromatic N) is 4. The lowest BCUT2D eigenvalue weighted by Crippen LogP contribution is -2.38. The zero-order chi connectivity index (χ0) is 13.9. The number of fused-ring (bicyclic) bond motifs is 1. The van der Waals surface area contributed by atoms with E-state index in [1.807, 2.05) is 25.6 Å². The van der Waals surface area contributed by atoms with Crippen molar-refractivity contribution < 1.29 is 0 Å². The van der Waals surface area contributed by atoms with E-state index >= 15 is 0 Å². The second-order valence-electron chi connectivity index (χ2n) is 5.53. The molecule has 3 rings (SSSR count). The summed E-state index contributed by atoms with van der Waals surface area (Å²) >= 11 is 3.59. The molecular weight excluding hydrogens is 316 g/mol. The smallest absolute Gasteiger partial charge is 0.157 e. The van der Waals surface area contributed by atoms with Gasteiger partial charge in [0.15, 0.2) is 5.82 Å². The van der Waals surface area contributed by atoms with Gasteiger partial charge < -0.3 is 9.47 Å². The van der Waals surface area contributed by atoms with E-state index in [1.165, 1.54) is 32.1 Å². The van der Waals surface area contributed by atoms with Crippen LogP contribution in [0.1, 0.15) is 32.1 Å². The quantitative estimate of drug-likeness (QED) is 0.801. The van der Waals surface area contributed by atoms with Gasteiger partial charge in [-0.1, -0.05) is 35.2 Å². The van der Waals surface area contributed by atoms with Gasteiger partial charge in [-0.15, -0.1) is 0 Å². The average molecular weight is 337 g/mol. The maximum Gasteiger partial charge on any atom is 0.157 e. The molecule has 1 aliphatic rings. The monoisotopic (exact) mass is 336 g/mol. The molecule has 0 atom stereocenters. The molecule has 0 radical (unpaired) electrons. The van der Waals surface area contributed by atoms with E-state index in [4.69, 9.17) is 0 Å². The number of aromatic nitrogens is 3. The number of pyridine rings is 1. The van der Waals surface area contributed by atoms with E-state index in [0.717, 1.165) is 28.7 Å². The number of halogens is 1. The molecule has 0 saturated heterocycles. The molecule has 2 heterocycles. The van der Waals surface area contributed by atoms with Crippen molar-refractivity contribution in [2.75, 3.05) is 16.8 Å². The van der Waals surface area contributed by atoms with Crippen LogP contribution in [0.15, 0.2) is 18.6 Å². The van der Waals surface area contributed by atoms with Crippen molar-refractivity contribution in [1.29, 1.82) is 0 Å². The van der Waals surface area contributed by atoms with Crippen LogP contribution in [0.4, 0.5) is 5.82 Å². The maximum atomic E-state index is 4.64. The number of hydrogen-bond donors (Lipinski definition) is 0. The van der Waals surface area contributed by atoms with Crippen LogP contribution < -0.4 is 4.90 Å². The zero-order valence-corrected chi connectivity index (χ0v) is 13.5. The molecule has 108 valence electrons. The molecule has 0 spiro atoms. The molecule has 20 heavy (non-hydrogen) atoms. The highest BCUT2D eigenvalue weighted by Gasteiger charge is 2.24. The first-order valence-electron chi connectivity index (χ1n) is 7.40. The molecule has 1 aliphatic carbocycles. The summed E-state index contributed by atoms with van der Waals surface area (Å²) in [6, 6.07) is 2.65. The summed E-state index contributed by atoms with van der Waals surface area (Å²) in [6.45, 7) is 0.993. The summed E-state index contributed by atoms with van der Waals surface area (Å²) in [4.78, 5) is 11.7. The Kier molecular flexibility index (Phi) is 4.24. The normalized spacial score (nSPS) is 16.7. The molecule has 0 bridgehead atoms. The van der Waals surface area contributed by atoms with Crippen molar-refractivity contribution in [2.24, 2.45) is 7.05 Å². The SMILES string of the molecule is Cn1cnc2c(N(CCBr)C3CCCCC3)nccc21. The van der Waals surface area contributed by atoms with Crippen molar-refractivity contribution >= 4 is 32.8 Å². The summed E-state index contributed by atoms with van der Waals surface area (Å²) in [5.41, 5.74) is 2.19. The van der Waals surface area contributed by atoms with Crippen molar-refractivity contribution in [2.45, 2.75) is 38.1 Å². The third-order valence-electron chi connectivity index (χ3n) is 4.24. The highest BCUT2D eigenvalue weighted by molar-refractivity contribution is 9.09. The molecule has 2 aromatic heterocycles. The van der Waals surface area contributed by atoms with Crippen LogP contribution in [0.2, 0.25) is 0 Å². The predicted molar refractivity (Wildman–Crippen MR) is 86.5 cm³/mol. The zero-order valence-electron chi connectivity index (χ0n) is 11.9. The standard InChI is InChI=1S/C15H21BrN4/c1-19-11-18-14-13(19)7-9-17-15(14)20(10-8-16)12-5-3-2-4-6-12/h7,9,11-12H,2-6,8,10H2,1H3. The van der Waals surface area contributed by atoms with Crippen molar-refractivity contribution in [1.82, 2.24) is 14.5 Å². The van der Waals surface area contributed by atoms with Crippen LogP contribution in [0.3, 0.4) is 0 Å². The lowest BCUT2D eigenvalue weighted by Gasteiger charge is -2.35. The largest absolute Gasteiger partial charge is 0.351 e. The highest BCUT2D eigenvalue weighted by atomic mass is 79.9. The molecule has 5 heteroatoms. The Morgan fingerprint density at radius 3 is 2.85 bits per heavy atom. The van der Waals surface area contributed by atoms with Crippen molar-refractivity contribution in [3.8, 4) is 0 Å². The first kappa shape index (κ1) is 13.9. The molecule has 1 saturated carbocycles. The molecule has 0 amide bonds. The van der Waals surface area contributed by atoms with Crippen molar-refractivity contribution in [3.05, 3.63) is 18.6 Å². The van der Waals surface area contributed by atoms with Gasteiger partial charge in [0.05, 0.1) is 11.8 Å². The predicted octanol–water partition coefficient (Wildman–Crippen LogP) is 3.50. The Balaban J connectivity index is 2.00.